The molecule has 0 saturated carbocycles. The molecule has 0 atom stereocenters. The quantitative estimate of drug-likeness (QED) is 0.124. The zero-order valence-electron chi connectivity index (χ0n) is 25.7. The van der Waals surface area contributed by atoms with Gasteiger partial charge in [-0.25, -0.2) is 14.7 Å². The highest BCUT2D eigenvalue weighted by molar-refractivity contribution is 7.16. The molecule has 42 heavy (non-hydrogen) atoms. The fraction of sp³-hybridized carbons (Fsp3) is 0.606. The topological polar surface area (TPSA) is 74.7 Å². The molecule has 2 aliphatic rings. The SMILES string of the molecule is CCCCCCCCCCCCCC(=O)OCOC(=O)N1c2ccccc2N=C(N2CCN(C)CC2)c2cc(C)sc21. The van der Waals surface area contributed by atoms with E-state index < -0.39 is 12.9 Å². The normalized spacial score (nSPS) is 15.1. The van der Waals surface area contributed by atoms with Crippen LogP contribution in [0, 0.1) is 6.92 Å². The summed E-state index contributed by atoms with van der Waals surface area (Å²) < 4.78 is 10.8. The molecule has 0 aliphatic carbocycles. The molecule has 8 nitrogen and oxygen atoms in total. The molecule has 1 amide bonds. The molecule has 3 heterocycles. The van der Waals surface area contributed by atoms with Crippen molar-refractivity contribution in [1.29, 1.82) is 0 Å². The predicted molar refractivity (Wildman–Crippen MR) is 171 cm³/mol. The van der Waals surface area contributed by atoms with Gasteiger partial charge < -0.3 is 19.3 Å². The van der Waals surface area contributed by atoms with Crippen LogP contribution < -0.4 is 4.90 Å². The number of rotatable bonds is 14. The maximum Gasteiger partial charge on any atom is 0.422 e. The summed E-state index contributed by atoms with van der Waals surface area (Å²) in [6.07, 6.45) is 13.2. The fourth-order valence-electron chi connectivity index (χ4n) is 5.52. The minimum atomic E-state index is -0.581. The van der Waals surface area contributed by atoms with Crippen molar-refractivity contribution in [3.8, 4) is 0 Å². The Balaban J connectivity index is 1.27. The van der Waals surface area contributed by atoms with Crippen molar-refractivity contribution in [1.82, 2.24) is 9.80 Å². The Bertz CT molecular complexity index is 1190. The number of thiophene rings is 1. The van der Waals surface area contributed by atoms with Crippen LogP contribution in [-0.2, 0) is 14.3 Å². The van der Waals surface area contributed by atoms with Gasteiger partial charge in [0.1, 0.15) is 10.8 Å². The van der Waals surface area contributed by atoms with Crippen LogP contribution in [0.5, 0.6) is 0 Å². The van der Waals surface area contributed by atoms with Gasteiger partial charge in [-0.3, -0.25) is 4.79 Å². The first-order valence-electron chi connectivity index (χ1n) is 15.8. The number of amidine groups is 1. The van der Waals surface area contributed by atoms with Gasteiger partial charge in [-0.05, 0) is 38.6 Å². The number of hydrogen-bond acceptors (Lipinski definition) is 8. The summed E-state index contributed by atoms with van der Waals surface area (Å²) in [6, 6.07) is 9.71. The van der Waals surface area contributed by atoms with Crippen molar-refractivity contribution in [2.75, 3.05) is 44.9 Å². The summed E-state index contributed by atoms with van der Waals surface area (Å²) in [7, 11) is 2.13. The summed E-state index contributed by atoms with van der Waals surface area (Å²) in [6.45, 7) is 7.52. The van der Waals surface area contributed by atoms with Crippen LogP contribution in [0.1, 0.15) is 94.4 Å². The standard InChI is InChI=1S/C33H48N4O4S/c1-4-5-6-7-8-9-10-11-12-13-14-19-30(38)40-25-41-33(39)37-29-18-16-15-17-28(29)34-31(27-24-26(2)42-32(27)37)36-22-20-35(3)21-23-36/h15-18,24H,4-14,19-23,25H2,1-3H3. The largest absolute Gasteiger partial charge is 0.428 e. The maximum atomic E-state index is 13.5. The molecule has 0 unspecified atom stereocenters. The third kappa shape index (κ3) is 9.04. The highest BCUT2D eigenvalue weighted by Gasteiger charge is 2.33. The Hall–Kier alpha value is -2.91. The average Bonchev–Trinajstić information content (AvgIpc) is 3.30. The number of hydrogen-bond donors (Lipinski definition) is 0. The van der Waals surface area contributed by atoms with Crippen molar-refractivity contribution in [3.05, 3.63) is 40.8 Å². The molecule has 0 radical (unpaired) electrons. The van der Waals surface area contributed by atoms with E-state index in [1.54, 1.807) is 4.90 Å². The third-order valence-corrected chi connectivity index (χ3v) is 9.04. The second kappa shape index (κ2) is 16.7. The van der Waals surface area contributed by atoms with Crippen molar-refractivity contribution in [3.63, 3.8) is 0 Å². The predicted octanol–water partition coefficient (Wildman–Crippen LogP) is 8.17. The van der Waals surface area contributed by atoms with E-state index in [0.717, 1.165) is 66.7 Å². The molecule has 1 aromatic heterocycles. The van der Waals surface area contributed by atoms with Crippen LogP contribution in [0.3, 0.4) is 0 Å². The van der Waals surface area contributed by atoms with Gasteiger partial charge in [0.15, 0.2) is 0 Å². The van der Waals surface area contributed by atoms with Gasteiger partial charge in [0.2, 0.25) is 6.79 Å². The van der Waals surface area contributed by atoms with E-state index >= 15 is 0 Å². The number of piperazine rings is 1. The molecule has 0 N–H and O–H groups in total. The number of para-hydroxylation sites is 2. The number of esters is 1. The molecule has 1 aromatic carbocycles. The van der Waals surface area contributed by atoms with E-state index in [1.807, 2.05) is 31.2 Å². The lowest BCUT2D eigenvalue weighted by Crippen LogP contribution is -2.47. The summed E-state index contributed by atoms with van der Waals surface area (Å²) >= 11 is 1.54. The molecule has 230 valence electrons. The van der Waals surface area contributed by atoms with Crippen LogP contribution in [0.4, 0.5) is 21.2 Å². The number of unbranched alkanes of at least 4 members (excludes halogenated alkanes) is 10. The second-order valence-electron chi connectivity index (χ2n) is 11.5. The molecule has 9 heteroatoms. The number of nitrogens with zero attached hydrogens (tertiary/aromatic N) is 4. The van der Waals surface area contributed by atoms with Gasteiger partial charge in [-0.2, -0.15) is 0 Å². The zero-order chi connectivity index (χ0) is 29.7. The number of anilines is 2. The van der Waals surface area contributed by atoms with Gasteiger partial charge in [0.25, 0.3) is 0 Å². The minimum Gasteiger partial charge on any atom is -0.428 e. The van der Waals surface area contributed by atoms with Crippen LogP contribution >= 0.6 is 11.3 Å². The maximum absolute atomic E-state index is 13.5. The minimum absolute atomic E-state index is 0.330. The summed E-state index contributed by atoms with van der Waals surface area (Å²) in [5.41, 5.74) is 2.28. The van der Waals surface area contributed by atoms with Crippen molar-refractivity contribution in [2.24, 2.45) is 4.99 Å². The summed E-state index contributed by atoms with van der Waals surface area (Å²) in [4.78, 5) is 38.1. The van der Waals surface area contributed by atoms with Gasteiger partial charge in [-0.1, -0.05) is 83.3 Å². The molecule has 0 spiro atoms. The number of aliphatic imine (C=N–C) groups is 1. The molecule has 1 saturated heterocycles. The number of benzene rings is 1. The Kier molecular flexibility index (Phi) is 12.7. The van der Waals surface area contributed by atoms with E-state index in [-0.39, 0.29) is 5.97 Å². The van der Waals surface area contributed by atoms with Crippen LogP contribution in [0.25, 0.3) is 0 Å². The molecule has 2 aliphatic heterocycles. The molecule has 2 aromatic rings. The monoisotopic (exact) mass is 596 g/mol. The first-order valence-corrected chi connectivity index (χ1v) is 16.6. The lowest BCUT2D eigenvalue weighted by atomic mass is 10.1. The average molecular weight is 597 g/mol. The highest BCUT2D eigenvalue weighted by Crippen LogP contribution is 2.44. The number of carbonyl (C=O) groups is 2. The van der Waals surface area contributed by atoms with Crippen LogP contribution in [-0.4, -0.2) is 67.7 Å². The number of ether oxygens (including phenoxy) is 2. The van der Waals surface area contributed by atoms with E-state index in [9.17, 15) is 9.59 Å². The van der Waals surface area contributed by atoms with Crippen LogP contribution in [0.15, 0.2) is 35.3 Å². The smallest absolute Gasteiger partial charge is 0.422 e. The Morgan fingerprint density at radius 3 is 2.21 bits per heavy atom. The lowest BCUT2D eigenvalue weighted by Gasteiger charge is -2.34. The Labute approximate surface area is 255 Å². The second-order valence-corrected chi connectivity index (χ2v) is 12.7. The number of fused-ring (bicyclic) bond motifs is 2. The first-order chi connectivity index (χ1) is 20.5. The summed E-state index contributed by atoms with van der Waals surface area (Å²) in [5, 5.41) is 0.771. The summed E-state index contributed by atoms with van der Waals surface area (Å²) in [5.74, 6) is 0.548. The highest BCUT2D eigenvalue weighted by atomic mass is 32.1. The lowest BCUT2D eigenvalue weighted by molar-refractivity contribution is -0.151. The molecule has 0 bridgehead atoms. The van der Waals surface area contributed by atoms with Gasteiger partial charge in [-0.15, -0.1) is 11.3 Å². The van der Waals surface area contributed by atoms with E-state index in [1.165, 1.54) is 62.7 Å². The van der Waals surface area contributed by atoms with E-state index in [2.05, 4.69) is 29.8 Å². The van der Waals surface area contributed by atoms with Crippen molar-refractivity contribution < 1.29 is 19.1 Å². The van der Waals surface area contributed by atoms with Crippen molar-refractivity contribution in [2.45, 2.75) is 90.9 Å². The van der Waals surface area contributed by atoms with Crippen molar-refractivity contribution >= 4 is 45.6 Å². The number of carbonyl (C=O) groups excluding carboxylic acids is 2. The van der Waals surface area contributed by atoms with Gasteiger partial charge in [0, 0.05) is 37.5 Å². The Morgan fingerprint density at radius 1 is 0.881 bits per heavy atom. The van der Waals surface area contributed by atoms with Gasteiger partial charge in [0.05, 0.1) is 16.9 Å². The number of aryl methyl sites for hydroxylation is 1. The van der Waals surface area contributed by atoms with E-state index in [0.29, 0.717) is 17.8 Å². The molecular formula is C33H48N4O4S. The molecule has 1 fully saturated rings. The number of amides is 1. The van der Waals surface area contributed by atoms with E-state index in [4.69, 9.17) is 14.5 Å². The third-order valence-electron chi connectivity index (χ3n) is 8.00. The zero-order valence-corrected chi connectivity index (χ0v) is 26.6. The first kappa shape index (κ1) is 32.0. The Morgan fingerprint density at radius 2 is 1.52 bits per heavy atom. The van der Waals surface area contributed by atoms with Crippen LogP contribution in [0.2, 0.25) is 0 Å². The fourth-order valence-corrected chi connectivity index (χ4v) is 6.52. The molecular weight excluding hydrogens is 548 g/mol. The van der Waals surface area contributed by atoms with Gasteiger partial charge >= 0.3 is 12.1 Å². The molecule has 4 rings (SSSR count). The number of likely N-dealkylation sites (N-methyl/N-ethyl adjacent to an activating group) is 1.